The number of pyridine rings is 1. The van der Waals surface area contributed by atoms with E-state index in [9.17, 15) is 18.0 Å². The van der Waals surface area contributed by atoms with Crippen molar-refractivity contribution in [3.63, 3.8) is 0 Å². The topological polar surface area (TPSA) is 54.0 Å². The molecule has 0 aliphatic carbocycles. The first-order valence-electron chi connectivity index (χ1n) is 5.80. The van der Waals surface area contributed by atoms with E-state index in [0.29, 0.717) is 0 Å². The van der Waals surface area contributed by atoms with Gasteiger partial charge >= 0.3 is 6.18 Å². The van der Waals surface area contributed by atoms with E-state index in [2.05, 4.69) is 21.5 Å². The van der Waals surface area contributed by atoms with Gasteiger partial charge in [-0.2, -0.15) is 13.2 Å². The fourth-order valence-corrected chi connectivity index (χ4v) is 1.48. The Morgan fingerprint density at radius 3 is 2.62 bits per heavy atom. The molecule has 2 N–H and O–H groups in total. The van der Waals surface area contributed by atoms with Gasteiger partial charge in [0.05, 0.1) is 16.1 Å². The first-order chi connectivity index (χ1) is 9.54. The van der Waals surface area contributed by atoms with Crippen molar-refractivity contribution in [1.82, 2.24) is 10.3 Å². The lowest BCUT2D eigenvalue weighted by molar-refractivity contribution is -0.115. The molecule has 0 aliphatic rings. The van der Waals surface area contributed by atoms with Gasteiger partial charge in [-0.05, 0) is 19.9 Å². The number of hydrogen-bond acceptors (Lipinski definition) is 3. The van der Waals surface area contributed by atoms with E-state index in [1.807, 2.05) is 0 Å². The van der Waals surface area contributed by atoms with E-state index in [1.54, 1.807) is 13.8 Å². The molecule has 114 valence electrons. The van der Waals surface area contributed by atoms with E-state index in [1.165, 1.54) is 6.07 Å². The summed E-state index contributed by atoms with van der Waals surface area (Å²) < 4.78 is 36.7. The molecule has 21 heavy (non-hydrogen) atoms. The Balaban J connectivity index is 3.02. The standard InChI is InChI=1S/C13H13ClF3N3O/c1-4-12(2,3)20-11(21)9-5-8(14)6-18-10(9)19-7-13(15,16)17/h1,5-6H,7H2,2-3H3,(H,18,19)(H,20,21). The zero-order valence-electron chi connectivity index (χ0n) is 11.3. The summed E-state index contributed by atoms with van der Waals surface area (Å²) in [6.07, 6.45) is 1.95. The van der Waals surface area contributed by atoms with E-state index in [-0.39, 0.29) is 16.4 Å². The second-order valence-electron chi connectivity index (χ2n) is 4.74. The number of rotatable bonds is 4. The molecule has 0 fully saturated rings. The Morgan fingerprint density at radius 1 is 1.48 bits per heavy atom. The number of anilines is 1. The van der Waals surface area contributed by atoms with Crippen molar-refractivity contribution in [1.29, 1.82) is 0 Å². The molecule has 8 heteroatoms. The maximum atomic E-state index is 12.2. The Hall–Kier alpha value is -1.94. The van der Waals surface area contributed by atoms with Gasteiger partial charge in [0.1, 0.15) is 12.4 Å². The van der Waals surface area contributed by atoms with Crippen LogP contribution >= 0.6 is 11.6 Å². The number of amides is 1. The number of carbonyl (C=O) groups is 1. The minimum absolute atomic E-state index is 0.116. The number of aromatic nitrogens is 1. The lowest BCUT2D eigenvalue weighted by Crippen LogP contribution is -2.42. The van der Waals surface area contributed by atoms with Crippen LogP contribution in [0.4, 0.5) is 19.0 Å². The third-order valence-corrected chi connectivity index (χ3v) is 2.55. The second-order valence-corrected chi connectivity index (χ2v) is 5.18. The summed E-state index contributed by atoms with van der Waals surface area (Å²) in [5.41, 5.74) is -1.07. The second kappa shape index (κ2) is 6.22. The van der Waals surface area contributed by atoms with Crippen LogP contribution in [-0.2, 0) is 0 Å². The number of hydrogen-bond donors (Lipinski definition) is 2. The summed E-state index contributed by atoms with van der Waals surface area (Å²) >= 11 is 5.72. The fraction of sp³-hybridized carbons (Fsp3) is 0.385. The van der Waals surface area contributed by atoms with Crippen molar-refractivity contribution in [3.05, 3.63) is 22.8 Å². The molecule has 0 atom stereocenters. The maximum absolute atomic E-state index is 12.2. The Bertz CT molecular complexity index is 579. The van der Waals surface area contributed by atoms with Crippen molar-refractivity contribution in [2.24, 2.45) is 0 Å². The average Bonchev–Trinajstić information content (AvgIpc) is 2.35. The van der Waals surface area contributed by atoms with Crippen LogP contribution in [0.25, 0.3) is 0 Å². The molecule has 0 spiro atoms. The van der Waals surface area contributed by atoms with Crippen LogP contribution in [0.3, 0.4) is 0 Å². The largest absolute Gasteiger partial charge is 0.405 e. The lowest BCUT2D eigenvalue weighted by atomic mass is 10.1. The summed E-state index contributed by atoms with van der Waals surface area (Å²) in [7, 11) is 0. The molecule has 1 aromatic heterocycles. The van der Waals surface area contributed by atoms with Crippen molar-refractivity contribution in [2.75, 3.05) is 11.9 Å². The van der Waals surface area contributed by atoms with Crippen LogP contribution in [-0.4, -0.2) is 29.2 Å². The molecule has 1 amide bonds. The fourth-order valence-electron chi connectivity index (χ4n) is 1.32. The van der Waals surface area contributed by atoms with Gasteiger partial charge in [0.2, 0.25) is 0 Å². The summed E-state index contributed by atoms with van der Waals surface area (Å²) in [4.78, 5) is 15.8. The molecular weight excluding hydrogens is 307 g/mol. The monoisotopic (exact) mass is 319 g/mol. The van der Waals surface area contributed by atoms with Crippen LogP contribution in [0, 0.1) is 12.3 Å². The van der Waals surface area contributed by atoms with Gasteiger partial charge in [0.25, 0.3) is 5.91 Å². The lowest BCUT2D eigenvalue weighted by Gasteiger charge is -2.20. The van der Waals surface area contributed by atoms with Crippen LogP contribution in [0.2, 0.25) is 5.02 Å². The Morgan fingerprint density at radius 2 is 2.10 bits per heavy atom. The first kappa shape index (κ1) is 17.1. The maximum Gasteiger partial charge on any atom is 0.405 e. The van der Waals surface area contributed by atoms with E-state index in [0.717, 1.165) is 6.20 Å². The number of alkyl halides is 3. The summed E-state index contributed by atoms with van der Waals surface area (Å²) in [5.74, 6) is 1.46. The zero-order chi connectivity index (χ0) is 16.3. The molecule has 0 aliphatic heterocycles. The SMILES string of the molecule is C#CC(C)(C)NC(=O)c1cc(Cl)cnc1NCC(F)(F)F. The normalized spacial score (nSPS) is 11.7. The highest BCUT2D eigenvalue weighted by Gasteiger charge is 2.28. The number of carbonyl (C=O) groups excluding carboxylic acids is 1. The van der Waals surface area contributed by atoms with Gasteiger partial charge in [-0.15, -0.1) is 6.42 Å². The molecule has 0 saturated carbocycles. The smallest absolute Gasteiger partial charge is 0.361 e. The predicted octanol–water partition coefficient (Wildman–Crippen LogP) is 2.85. The highest BCUT2D eigenvalue weighted by molar-refractivity contribution is 6.31. The van der Waals surface area contributed by atoms with E-state index in [4.69, 9.17) is 18.0 Å². The molecule has 4 nitrogen and oxygen atoms in total. The van der Waals surface area contributed by atoms with Crippen molar-refractivity contribution in [3.8, 4) is 12.3 Å². The average molecular weight is 320 g/mol. The Kier molecular flexibility index (Phi) is 5.07. The highest BCUT2D eigenvalue weighted by atomic mass is 35.5. The molecule has 0 aromatic carbocycles. The van der Waals surface area contributed by atoms with Crippen LogP contribution in [0.15, 0.2) is 12.3 Å². The third-order valence-electron chi connectivity index (χ3n) is 2.34. The Labute approximate surface area is 125 Å². The molecule has 0 radical (unpaired) electrons. The van der Waals surface area contributed by atoms with Gasteiger partial charge in [-0.1, -0.05) is 17.5 Å². The number of nitrogens with one attached hydrogen (secondary N) is 2. The van der Waals surface area contributed by atoms with Gasteiger partial charge < -0.3 is 10.6 Å². The van der Waals surface area contributed by atoms with E-state index >= 15 is 0 Å². The van der Waals surface area contributed by atoms with Crippen molar-refractivity contribution < 1.29 is 18.0 Å². The third kappa shape index (κ3) is 5.52. The van der Waals surface area contributed by atoms with Gasteiger partial charge in [0, 0.05) is 6.20 Å². The van der Waals surface area contributed by atoms with Gasteiger partial charge in [0.15, 0.2) is 0 Å². The van der Waals surface area contributed by atoms with Crippen LogP contribution < -0.4 is 10.6 Å². The van der Waals surface area contributed by atoms with Gasteiger partial charge in [-0.25, -0.2) is 4.98 Å². The molecule has 1 heterocycles. The van der Waals surface area contributed by atoms with E-state index < -0.39 is 24.2 Å². The zero-order valence-corrected chi connectivity index (χ0v) is 12.1. The van der Waals surface area contributed by atoms with Crippen molar-refractivity contribution >= 4 is 23.3 Å². The predicted molar refractivity (Wildman–Crippen MR) is 74.2 cm³/mol. The van der Waals surface area contributed by atoms with Crippen molar-refractivity contribution in [2.45, 2.75) is 25.6 Å². The summed E-state index contributed by atoms with van der Waals surface area (Å²) in [5, 5.41) is 4.67. The van der Waals surface area contributed by atoms with Gasteiger partial charge in [-0.3, -0.25) is 4.79 Å². The summed E-state index contributed by atoms with van der Waals surface area (Å²) in [6.45, 7) is 1.83. The minimum atomic E-state index is -4.44. The summed E-state index contributed by atoms with van der Waals surface area (Å²) in [6, 6.07) is 1.22. The quantitative estimate of drug-likeness (QED) is 0.839. The molecule has 1 aromatic rings. The molecule has 0 unspecified atom stereocenters. The highest BCUT2D eigenvalue weighted by Crippen LogP contribution is 2.21. The number of halogens is 4. The molecule has 0 saturated heterocycles. The number of terminal acetylenes is 1. The molecule has 1 rings (SSSR count). The van der Waals surface area contributed by atoms with Crippen LogP contribution in [0.1, 0.15) is 24.2 Å². The molecule has 0 bridgehead atoms. The minimum Gasteiger partial charge on any atom is -0.361 e. The number of nitrogens with zero attached hydrogens (tertiary/aromatic N) is 1. The molecular formula is C13H13ClF3N3O. The van der Waals surface area contributed by atoms with Crippen LogP contribution in [0.5, 0.6) is 0 Å². The first-order valence-corrected chi connectivity index (χ1v) is 6.18.